The van der Waals surface area contributed by atoms with Crippen molar-refractivity contribution < 1.29 is 19.1 Å². The predicted octanol–water partition coefficient (Wildman–Crippen LogP) is 2.52. The van der Waals surface area contributed by atoms with Crippen LogP contribution in [-0.2, 0) is 11.2 Å². The molecule has 7 heteroatoms. The molecular weight excluding hydrogens is 346 g/mol. The summed E-state index contributed by atoms with van der Waals surface area (Å²) in [5.41, 5.74) is 1.73. The second-order valence-corrected chi connectivity index (χ2v) is 6.34. The van der Waals surface area contributed by atoms with Crippen molar-refractivity contribution in [2.24, 2.45) is 0 Å². The van der Waals surface area contributed by atoms with Gasteiger partial charge >= 0.3 is 0 Å². The topological polar surface area (TPSA) is 80.8 Å². The highest BCUT2D eigenvalue weighted by Crippen LogP contribution is 2.37. The molecule has 142 valence electrons. The van der Waals surface area contributed by atoms with E-state index in [2.05, 4.69) is 10.3 Å². The number of rotatable bonds is 6. The van der Waals surface area contributed by atoms with Crippen molar-refractivity contribution in [3.63, 3.8) is 0 Å². The average molecular weight is 369 g/mol. The second-order valence-electron chi connectivity index (χ2n) is 6.34. The highest BCUT2D eigenvalue weighted by atomic mass is 16.5. The van der Waals surface area contributed by atoms with E-state index in [1.807, 2.05) is 4.90 Å². The van der Waals surface area contributed by atoms with Gasteiger partial charge < -0.3 is 19.7 Å². The van der Waals surface area contributed by atoms with Crippen molar-refractivity contribution in [1.82, 2.24) is 9.88 Å². The summed E-state index contributed by atoms with van der Waals surface area (Å²) >= 11 is 0. The number of carbonyl (C=O) groups is 2. The molecule has 0 spiro atoms. The fourth-order valence-electron chi connectivity index (χ4n) is 3.16. The molecule has 0 unspecified atom stereocenters. The van der Waals surface area contributed by atoms with Gasteiger partial charge in [-0.2, -0.15) is 0 Å². The molecule has 1 N–H and O–H groups in total. The zero-order valence-corrected chi connectivity index (χ0v) is 15.5. The summed E-state index contributed by atoms with van der Waals surface area (Å²) in [6, 6.07) is 6.86. The summed E-state index contributed by atoms with van der Waals surface area (Å²) in [5.74, 6) is 0.505. The Hall–Kier alpha value is -3.09. The van der Waals surface area contributed by atoms with E-state index in [1.165, 1.54) is 14.2 Å². The van der Waals surface area contributed by atoms with Crippen molar-refractivity contribution in [2.45, 2.75) is 19.3 Å². The number of carbonyl (C=O) groups excluding carboxylic acids is 2. The number of ether oxygens (including phenoxy) is 2. The van der Waals surface area contributed by atoms with Gasteiger partial charge in [-0.3, -0.25) is 14.6 Å². The molecule has 1 fully saturated rings. The SMILES string of the molecule is COc1cc(C(=O)N2CCCC2)cc(NC(=O)Cc2ccncc2)c1OC. The molecule has 1 aliphatic rings. The molecule has 0 radical (unpaired) electrons. The molecule has 1 aromatic heterocycles. The zero-order valence-electron chi connectivity index (χ0n) is 15.5. The smallest absolute Gasteiger partial charge is 0.254 e. The van der Waals surface area contributed by atoms with Gasteiger partial charge in [-0.1, -0.05) is 0 Å². The first-order valence-electron chi connectivity index (χ1n) is 8.86. The Morgan fingerprint density at radius 2 is 1.81 bits per heavy atom. The van der Waals surface area contributed by atoms with Gasteiger partial charge in [0.2, 0.25) is 5.91 Å². The first-order valence-corrected chi connectivity index (χ1v) is 8.86. The summed E-state index contributed by atoms with van der Waals surface area (Å²) in [6.45, 7) is 1.49. The number of hydrogen-bond acceptors (Lipinski definition) is 5. The van der Waals surface area contributed by atoms with E-state index in [-0.39, 0.29) is 18.2 Å². The molecule has 7 nitrogen and oxygen atoms in total. The molecule has 0 saturated carbocycles. The van der Waals surface area contributed by atoms with Crippen LogP contribution in [0, 0.1) is 0 Å². The number of hydrogen-bond donors (Lipinski definition) is 1. The van der Waals surface area contributed by atoms with Crippen LogP contribution < -0.4 is 14.8 Å². The minimum atomic E-state index is -0.215. The number of amides is 2. The van der Waals surface area contributed by atoms with Crippen LogP contribution >= 0.6 is 0 Å². The Balaban J connectivity index is 1.86. The number of nitrogens with zero attached hydrogens (tertiary/aromatic N) is 2. The Kier molecular flexibility index (Phi) is 5.90. The van der Waals surface area contributed by atoms with E-state index in [9.17, 15) is 9.59 Å². The van der Waals surface area contributed by atoms with Gasteiger partial charge in [-0.05, 0) is 42.7 Å². The predicted molar refractivity (Wildman–Crippen MR) is 101 cm³/mol. The lowest BCUT2D eigenvalue weighted by molar-refractivity contribution is -0.115. The van der Waals surface area contributed by atoms with Crippen LogP contribution in [0.25, 0.3) is 0 Å². The Labute approximate surface area is 158 Å². The Bertz CT molecular complexity index is 817. The molecule has 3 rings (SSSR count). The van der Waals surface area contributed by atoms with Crippen LogP contribution in [0.15, 0.2) is 36.7 Å². The van der Waals surface area contributed by atoms with Gasteiger partial charge in [-0.15, -0.1) is 0 Å². The van der Waals surface area contributed by atoms with E-state index >= 15 is 0 Å². The fourth-order valence-corrected chi connectivity index (χ4v) is 3.16. The summed E-state index contributed by atoms with van der Waals surface area (Å²) in [5, 5.41) is 2.84. The van der Waals surface area contributed by atoms with Gasteiger partial charge in [0.15, 0.2) is 11.5 Å². The second kappa shape index (κ2) is 8.53. The number of nitrogens with one attached hydrogen (secondary N) is 1. The van der Waals surface area contributed by atoms with Gasteiger partial charge in [0.25, 0.3) is 5.91 Å². The van der Waals surface area contributed by atoms with Crippen molar-refractivity contribution in [2.75, 3.05) is 32.6 Å². The van der Waals surface area contributed by atoms with Gasteiger partial charge in [-0.25, -0.2) is 0 Å². The van der Waals surface area contributed by atoms with E-state index < -0.39 is 0 Å². The van der Waals surface area contributed by atoms with Crippen LogP contribution in [0.1, 0.15) is 28.8 Å². The monoisotopic (exact) mass is 369 g/mol. The molecule has 1 aromatic carbocycles. The summed E-state index contributed by atoms with van der Waals surface area (Å²) in [4.78, 5) is 31.0. The van der Waals surface area contributed by atoms with Crippen LogP contribution in [0.3, 0.4) is 0 Å². The van der Waals surface area contributed by atoms with E-state index in [0.29, 0.717) is 22.7 Å². The van der Waals surface area contributed by atoms with Crippen molar-refractivity contribution in [3.05, 3.63) is 47.8 Å². The molecule has 1 aliphatic heterocycles. The molecule has 0 aliphatic carbocycles. The maximum atomic E-state index is 12.8. The fraction of sp³-hybridized carbons (Fsp3) is 0.350. The maximum Gasteiger partial charge on any atom is 0.254 e. The largest absolute Gasteiger partial charge is 0.493 e. The van der Waals surface area contributed by atoms with Crippen molar-refractivity contribution >= 4 is 17.5 Å². The Morgan fingerprint density at radius 1 is 1.11 bits per heavy atom. The van der Waals surface area contributed by atoms with Crippen LogP contribution in [-0.4, -0.2) is 49.0 Å². The third kappa shape index (κ3) is 4.36. The van der Waals surface area contributed by atoms with E-state index in [1.54, 1.807) is 36.7 Å². The van der Waals surface area contributed by atoms with Crippen molar-refractivity contribution in [3.8, 4) is 11.5 Å². The lowest BCUT2D eigenvalue weighted by atomic mass is 10.1. The summed E-state index contributed by atoms with van der Waals surface area (Å²) in [7, 11) is 3.00. The molecule has 2 amide bonds. The minimum absolute atomic E-state index is 0.0712. The number of likely N-dealkylation sites (tertiary alicyclic amines) is 1. The molecule has 2 aromatic rings. The lowest BCUT2D eigenvalue weighted by Gasteiger charge is -2.19. The Morgan fingerprint density at radius 3 is 2.44 bits per heavy atom. The number of methoxy groups -OCH3 is 2. The maximum absolute atomic E-state index is 12.8. The van der Waals surface area contributed by atoms with Gasteiger partial charge in [0.1, 0.15) is 0 Å². The molecule has 0 atom stereocenters. The van der Waals surface area contributed by atoms with Gasteiger partial charge in [0.05, 0.1) is 26.3 Å². The number of anilines is 1. The summed E-state index contributed by atoms with van der Waals surface area (Å²) < 4.78 is 10.8. The van der Waals surface area contributed by atoms with Gasteiger partial charge in [0, 0.05) is 31.0 Å². The number of pyridine rings is 1. The normalized spacial score (nSPS) is 13.3. The highest BCUT2D eigenvalue weighted by molar-refractivity contribution is 6.00. The van der Waals surface area contributed by atoms with E-state index in [0.717, 1.165) is 31.5 Å². The van der Waals surface area contributed by atoms with Crippen LogP contribution in [0.5, 0.6) is 11.5 Å². The van der Waals surface area contributed by atoms with Crippen LogP contribution in [0.2, 0.25) is 0 Å². The molecule has 0 bridgehead atoms. The summed E-state index contributed by atoms with van der Waals surface area (Å²) in [6.07, 6.45) is 5.49. The number of aromatic nitrogens is 1. The highest BCUT2D eigenvalue weighted by Gasteiger charge is 2.23. The zero-order chi connectivity index (χ0) is 19.2. The first-order chi connectivity index (χ1) is 13.1. The molecule has 27 heavy (non-hydrogen) atoms. The quantitative estimate of drug-likeness (QED) is 0.846. The number of benzene rings is 1. The van der Waals surface area contributed by atoms with E-state index in [4.69, 9.17) is 9.47 Å². The standard InChI is InChI=1S/C20H23N3O4/c1-26-17-13-15(20(25)23-9-3-4-10-23)12-16(19(17)27-2)22-18(24)11-14-5-7-21-8-6-14/h5-8,12-13H,3-4,9-11H2,1-2H3,(H,22,24). The lowest BCUT2D eigenvalue weighted by Crippen LogP contribution is -2.27. The molecule has 1 saturated heterocycles. The molecular formula is C20H23N3O4. The van der Waals surface area contributed by atoms with Crippen molar-refractivity contribution in [1.29, 1.82) is 0 Å². The molecule has 2 heterocycles. The minimum Gasteiger partial charge on any atom is -0.493 e. The third-order valence-electron chi connectivity index (χ3n) is 4.51. The first kappa shape index (κ1) is 18.7. The average Bonchev–Trinajstić information content (AvgIpc) is 3.22. The third-order valence-corrected chi connectivity index (χ3v) is 4.51. The van der Waals surface area contributed by atoms with Crippen LogP contribution in [0.4, 0.5) is 5.69 Å².